The summed E-state index contributed by atoms with van der Waals surface area (Å²) in [5, 5.41) is 12.0. The number of anilines is 1. The zero-order valence-corrected chi connectivity index (χ0v) is 14.1. The van der Waals surface area contributed by atoms with Gasteiger partial charge in [-0.15, -0.1) is 0 Å². The first-order chi connectivity index (χ1) is 10.0. The van der Waals surface area contributed by atoms with E-state index in [0.717, 1.165) is 35.8 Å². The van der Waals surface area contributed by atoms with Crippen molar-refractivity contribution in [3.8, 4) is 0 Å². The first-order valence-corrected chi connectivity index (χ1v) is 8.21. The van der Waals surface area contributed by atoms with Gasteiger partial charge in [-0.05, 0) is 66.5 Å². The van der Waals surface area contributed by atoms with Crippen molar-refractivity contribution in [2.75, 3.05) is 11.9 Å². The SMILES string of the molecule is CCC1CCCCN1C(=O)Nc1ccc(I)cc1C(=O)O. The molecule has 1 saturated heterocycles. The summed E-state index contributed by atoms with van der Waals surface area (Å²) < 4.78 is 0.826. The van der Waals surface area contributed by atoms with Crippen LogP contribution in [-0.2, 0) is 0 Å². The van der Waals surface area contributed by atoms with Crippen molar-refractivity contribution in [3.05, 3.63) is 27.3 Å². The molecule has 0 spiro atoms. The zero-order chi connectivity index (χ0) is 15.4. The van der Waals surface area contributed by atoms with E-state index in [2.05, 4.69) is 34.8 Å². The summed E-state index contributed by atoms with van der Waals surface area (Å²) in [6, 6.07) is 5.04. The molecule has 5 nitrogen and oxygen atoms in total. The summed E-state index contributed by atoms with van der Waals surface area (Å²) in [6.07, 6.45) is 4.09. The third-order valence-electron chi connectivity index (χ3n) is 3.81. The largest absolute Gasteiger partial charge is 0.478 e. The summed E-state index contributed by atoms with van der Waals surface area (Å²) in [5.74, 6) is -1.03. The molecule has 1 aromatic rings. The van der Waals surface area contributed by atoms with Gasteiger partial charge in [0.1, 0.15) is 0 Å². The van der Waals surface area contributed by atoms with E-state index in [-0.39, 0.29) is 17.6 Å². The lowest BCUT2D eigenvalue weighted by molar-refractivity contribution is 0.0698. The Bertz CT molecular complexity index is 548. The first kappa shape index (κ1) is 16.1. The molecule has 21 heavy (non-hydrogen) atoms. The number of carboxylic acid groups (broad SMARTS) is 1. The van der Waals surface area contributed by atoms with E-state index in [1.165, 1.54) is 0 Å². The van der Waals surface area contributed by atoms with Gasteiger partial charge in [0.15, 0.2) is 0 Å². The minimum Gasteiger partial charge on any atom is -0.478 e. The highest BCUT2D eigenvalue weighted by molar-refractivity contribution is 14.1. The van der Waals surface area contributed by atoms with Crippen molar-refractivity contribution in [3.63, 3.8) is 0 Å². The second-order valence-electron chi connectivity index (χ2n) is 5.18. The van der Waals surface area contributed by atoms with Crippen LogP contribution in [0.1, 0.15) is 43.0 Å². The number of hydrogen-bond donors (Lipinski definition) is 2. The van der Waals surface area contributed by atoms with Gasteiger partial charge in [0, 0.05) is 16.2 Å². The maximum Gasteiger partial charge on any atom is 0.337 e. The Kier molecular flexibility index (Phi) is 5.44. The van der Waals surface area contributed by atoms with Crippen molar-refractivity contribution >= 4 is 40.3 Å². The number of carboxylic acids is 1. The summed E-state index contributed by atoms with van der Waals surface area (Å²) in [7, 11) is 0. The van der Waals surface area contributed by atoms with Gasteiger partial charge in [0.05, 0.1) is 11.3 Å². The topological polar surface area (TPSA) is 69.6 Å². The van der Waals surface area contributed by atoms with E-state index in [1.54, 1.807) is 18.2 Å². The molecule has 114 valence electrons. The highest BCUT2D eigenvalue weighted by Gasteiger charge is 2.26. The molecule has 0 aromatic heterocycles. The van der Waals surface area contributed by atoms with Gasteiger partial charge in [0.2, 0.25) is 0 Å². The van der Waals surface area contributed by atoms with Gasteiger partial charge < -0.3 is 15.3 Å². The molecule has 1 atom stereocenters. The Hall–Kier alpha value is -1.31. The summed E-state index contributed by atoms with van der Waals surface area (Å²) >= 11 is 2.06. The smallest absolute Gasteiger partial charge is 0.337 e. The molecule has 6 heteroatoms. The lowest BCUT2D eigenvalue weighted by atomic mass is 10.0. The number of carbonyl (C=O) groups excluding carboxylic acids is 1. The second-order valence-corrected chi connectivity index (χ2v) is 6.42. The standard InChI is InChI=1S/C15H19IN2O3/c1-2-11-5-3-4-8-18(11)15(21)17-13-7-6-10(16)9-12(13)14(19)20/h6-7,9,11H,2-5,8H2,1H3,(H,17,21)(H,19,20). The lowest BCUT2D eigenvalue weighted by Crippen LogP contribution is -2.45. The molecule has 0 radical (unpaired) electrons. The number of nitrogens with one attached hydrogen (secondary N) is 1. The fourth-order valence-electron chi connectivity index (χ4n) is 2.68. The number of likely N-dealkylation sites (tertiary alicyclic amines) is 1. The fraction of sp³-hybridized carbons (Fsp3) is 0.467. The van der Waals surface area contributed by atoms with E-state index in [9.17, 15) is 14.7 Å². The highest BCUT2D eigenvalue weighted by atomic mass is 127. The van der Waals surface area contributed by atoms with Crippen LogP contribution in [0.5, 0.6) is 0 Å². The zero-order valence-electron chi connectivity index (χ0n) is 11.9. The highest BCUT2D eigenvalue weighted by Crippen LogP contribution is 2.23. The van der Waals surface area contributed by atoms with Crippen LogP contribution < -0.4 is 5.32 Å². The average Bonchev–Trinajstić information content (AvgIpc) is 2.48. The van der Waals surface area contributed by atoms with Crippen LogP contribution in [-0.4, -0.2) is 34.6 Å². The average molecular weight is 402 g/mol. The number of halogens is 1. The van der Waals surface area contributed by atoms with Crippen LogP contribution in [0.15, 0.2) is 18.2 Å². The molecule has 2 N–H and O–H groups in total. The molecule has 2 amide bonds. The van der Waals surface area contributed by atoms with Crippen molar-refractivity contribution < 1.29 is 14.7 Å². The van der Waals surface area contributed by atoms with Crippen molar-refractivity contribution in [2.45, 2.75) is 38.6 Å². The van der Waals surface area contributed by atoms with Gasteiger partial charge in [-0.3, -0.25) is 0 Å². The molecule has 2 rings (SSSR count). The maximum atomic E-state index is 12.4. The maximum absolute atomic E-state index is 12.4. The molecule has 1 aliphatic rings. The van der Waals surface area contributed by atoms with Gasteiger partial charge >= 0.3 is 12.0 Å². The predicted molar refractivity (Wildman–Crippen MR) is 89.8 cm³/mol. The number of piperidine rings is 1. The molecule has 1 fully saturated rings. The normalized spacial score (nSPS) is 18.4. The van der Waals surface area contributed by atoms with E-state index >= 15 is 0 Å². The van der Waals surface area contributed by atoms with Gasteiger partial charge in [0.25, 0.3) is 0 Å². The predicted octanol–water partition coefficient (Wildman–Crippen LogP) is 3.79. The Balaban J connectivity index is 2.17. The third-order valence-corrected chi connectivity index (χ3v) is 4.48. The van der Waals surface area contributed by atoms with Gasteiger partial charge in [-0.25, -0.2) is 9.59 Å². The monoisotopic (exact) mass is 402 g/mol. The van der Waals surface area contributed by atoms with E-state index in [1.807, 2.05) is 4.90 Å². The van der Waals surface area contributed by atoms with Crippen LogP contribution in [0.4, 0.5) is 10.5 Å². The molecule has 1 aliphatic heterocycles. The number of hydrogen-bond acceptors (Lipinski definition) is 2. The molecule has 1 heterocycles. The Morgan fingerprint density at radius 3 is 2.86 bits per heavy atom. The Morgan fingerprint density at radius 1 is 1.43 bits per heavy atom. The molecule has 0 aliphatic carbocycles. The molecule has 1 unspecified atom stereocenters. The molecule has 1 aromatic carbocycles. The Morgan fingerprint density at radius 2 is 2.19 bits per heavy atom. The quantitative estimate of drug-likeness (QED) is 0.756. The van der Waals surface area contributed by atoms with Crippen LogP contribution >= 0.6 is 22.6 Å². The molecule has 0 bridgehead atoms. The number of amides is 2. The minimum absolute atomic E-state index is 0.125. The van der Waals surface area contributed by atoms with Crippen molar-refractivity contribution in [1.29, 1.82) is 0 Å². The molecular formula is C15H19IN2O3. The summed E-state index contributed by atoms with van der Waals surface area (Å²) in [4.78, 5) is 25.5. The number of rotatable bonds is 3. The van der Waals surface area contributed by atoms with Crippen LogP contribution in [0.25, 0.3) is 0 Å². The lowest BCUT2D eigenvalue weighted by Gasteiger charge is -2.35. The van der Waals surface area contributed by atoms with Crippen LogP contribution in [0, 0.1) is 3.57 Å². The van der Waals surface area contributed by atoms with Crippen LogP contribution in [0.3, 0.4) is 0 Å². The van der Waals surface area contributed by atoms with E-state index < -0.39 is 5.97 Å². The molecule has 0 saturated carbocycles. The number of aromatic carboxylic acids is 1. The minimum atomic E-state index is -1.03. The Labute approximate surface area is 137 Å². The molecular weight excluding hydrogens is 383 g/mol. The number of benzene rings is 1. The van der Waals surface area contributed by atoms with Crippen molar-refractivity contribution in [1.82, 2.24) is 4.90 Å². The fourth-order valence-corrected chi connectivity index (χ4v) is 3.17. The third kappa shape index (κ3) is 3.87. The number of urea groups is 1. The van der Waals surface area contributed by atoms with E-state index in [0.29, 0.717) is 5.69 Å². The summed E-state index contributed by atoms with van der Waals surface area (Å²) in [5.41, 5.74) is 0.480. The second kappa shape index (κ2) is 7.11. The number of carbonyl (C=O) groups is 2. The summed E-state index contributed by atoms with van der Waals surface area (Å²) in [6.45, 7) is 2.81. The van der Waals surface area contributed by atoms with Gasteiger partial charge in [-0.2, -0.15) is 0 Å². The van der Waals surface area contributed by atoms with Gasteiger partial charge in [-0.1, -0.05) is 6.92 Å². The van der Waals surface area contributed by atoms with Crippen LogP contribution in [0.2, 0.25) is 0 Å². The van der Waals surface area contributed by atoms with E-state index in [4.69, 9.17) is 0 Å². The first-order valence-electron chi connectivity index (χ1n) is 7.13. The van der Waals surface area contributed by atoms with Crippen molar-refractivity contribution in [2.24, 2.45) is 0 Å². The number of nitrogens with zero attached hydrogens (tertiary/aromatic N) is 1.